The summed E-state index contributed by atoms with van der Waals surface area (Å²) < 4.78 is 9.34. The fourth-order valence-electron chi connectivity index (χ4n) is 6.01. The van der Waals surface area contributed by atoms with Gasteiger partial charge in [0, 0.05) is 25.3 Å². The maximum atomic E-state index is 13.3. The Balaban J connectivity index is 1.92. The van der Waals surface area contributed by atoms with Crippen LogP contribution in [0.5, 0.6) is 0 Å². The number of anilines is 1. The molecule has 6 amide bonds. The van der Waals surface area contributed by atoms with Gasteiger partial charge in [0.25, 0.3) is 0 Å². The van der Waals surface area contributed by atoms with Gasteiger partial charge in [-0.3, -0.25) is 19.2 Å². The first-order valence-corrected chi connectivity index (χ1v) is 18.6. The first kappa shape index (κ1) is 44.3. The van der Waals surface area contributed by atoms with Crippen molar-refractivity contribution >= 4 is 41.5 Å². The molecule has 53 heavy (non-hydrogen) atoms. The topological polar surface area (TPSA) is 175 Å². The highest BCUT2D eigenvalue weighted by Crippen LogP contribution is 2.23. The number of carbonyl (C=O) groups excluding carboxylic acids is 6. The molecule has 0 aromatic heterocycles. The average molecular weight is 741 g/mol. The van der Waals surface area contributed by atoms with Crippen molar-refractivity contribution in [1.29, 1.82) is 0 Å². The number of nitrogens with one attached hydrogen (secondary N) is 4. The van der Waals surface area contributed by atoms with Gasteiger partial charge in [-0.1, -0.05) is 77.5 Å². The molecule has 2 rings (SSSR count). The van der Waals surface area contributed by atoms with Gasteiger partial charge in [-0.25, -0.2) is 9.59 Å². The zero-order valence-electron chi connectivity index (χ0n) is 32.7. The van der Waals surface area contributed by atoms with E-state index in [0.29, 0.717) is 44.6 Å². The Bertz CT molecular complexity index is 1440. The molecule has 1 aromatic rings. The van der Waals surface area contributed by atoms with E-state index in [9.17, 15) is 28.8 Å². The number of nitrogens with zero attached hydrogens (tertiary/aromatic N) is 2. The standard InChI is InChI=1S/C39H60N6O8/c1-9-13-28(14-11-22-40-32(46)25-44(23-10-2)36(48)33(26(3)4)42-38(50)52-7)16-17-29-18-20-30(21-19-29)41-35(47)31-15-12-24-45(31)37(49)34(27(5)6)43-39(51)53-8/h11,13-14,18-21,26-27,31,33-34H,9-10,12,15-17,22-25H2,1-8H3,(H,40,46)(H,41,47)(H,42,50)(H,43,51). The number of benzene rings is 1. The fourth-order valence-corrected chi connectivity index (χ4v) is 6.01. The molecule has 294 valence electrons. The third-order valence-corrected chi connectivity index (χ3v) is 8.90. The second-order valence-corrected chi connectivity index (χ2v) is 13.7. The predicted octanol–water partition coefficient (Wildman–Crippen LogP) is 4.56. The summed E-state index contributed by atoms with van der Waals surface area (Å²) in [7, 11) is 2.48. The lowest BCUT2D eigenvalue weighted by Crippen LogP contribution is -2.54. The summed E-state index contributed by atoms with van der Waals surface area (Å²) in [6, 6.07) is 5.39. The minimum Gasteiger partial charge on any atom is -0.453 e. The second kappa shape index (κ2) is 22.9. The minimum atomic E-state index is -0.805. The molecule has 0 radical (unpaired) electrons. The van der Waals surface area contributed by atoms with E-state index in [-0.39, 0.29) is 42.0 Å². The lowest BCUT2D eigenvalue weighted by Gasteiger charge is -2.30. The normalized spacial score (nSPS) is 15.5. The molecule has 1 saturated heterocycles. The molecule has 0 bridgehead atoms. The van der Waals surface area contributed by atoms with Crippen molar-refractivity contribution in [3.05, 3.63) is 53.6 Å². The third-order valence-electron chi connectivity index (χ3n) is 8.90. The molecule has 1 fully saturated rings. The van der Waals surface area contributed by atoms with E-state index in [2.05, 4.69) is 43.7 Å². The van der Waals surface area contributed by atoms with Crippen LogP contribution < -0.4 is 21.3 Å². The van der Waals surface area contributed by atoms with Gasteiger partial charge < -0.3 is 40.5 Å². The summed E-state index contributed by atoms with van der Waals surface area (Å²) in [5.41, 5.74) is 2.83. The van der Waals surface area contributed by atoms with Gasteiger partial charge in [-0.15, -0.1) is 0 Å². The highest BCUT2D eigenvalue weighted by atomic mass is 16.5. The zero-order valence-corrected chi connectivity index (χ0v) is 32.7. The Morgan fingerprint density at radius 1 is 0.925 bits per heavy atom. The van der Waals surface area contributed by atoms with Crippen LogP contribution in [-0.4, -0.2) is 104 Å². The SMILES string of the molecule is CCC=C(C=CCNC(=O)CN(CCC)C(=O)C(NC(=O)OC)C(C)C)CCc1ccc(NC(=O)C2CCCN2C(=O)C(NC(=O)OC)C(C)C)cc1. The van der Waals surface area contributed by atoms with Gasteiger partial charge in [0.2, 0.25) is 23.6 Å². The molecule has 1 aliphatic rings. The van der Waals surface area contributed by atoms with Crippen molar-refractivity contribution in [3.8, 4) is 0 Å². The second-order valence-electron chi connectivity index (χ2n) is 13.7. The van der Waals surface area contributed by atoms with Crippen LogP contribution in [0.4, 0.5) is 15.3 Å². The van der Waals surface area contributed by atoms with E-state index >= 15 is 0 Å². The van der Waals surface area contributed by atoms with Crippen molar-refractivity contribution in [2.24, 2.45) is 11.8 Å². The van der Waals surface area contributed by atoms with E-state index < -0.39 is 30.3 Å². The number of hydrogen-bond donors (Lipinski definition) is 4. The summed E-state index contributed by atoms with van der Waals surface area (Å²) in [5, 5.41) is 11.0. The van der Waals surface area contributed by atoms with Crippen LogP contribution in [0.15, 0.2) is 48.1 Å². The highest BCUT2D eigenvalue weighted by molar-refractivity contribution is 5.98. The average Bonchev–Trinajstić information content (AvgIpc) is 3.63. The van der Waals surface area contributed by atoms with Crippen molar-refractivity contribution in [2.45, 2.75) is 98.2 Å². The predicted molar refractivity (Wildman–Crippen MR) is 204 cm³/mol. The molecule has 1 aromatic carbocycles. The first-order valence-electron chi connectivity index (χ1n) is 18.6. The number of likely N-dealkylation sites (tertiary alicyclic amines) is 1. The molecule has 4 N–H and O–H groups in total. The lowest BCUT2D eigenvalue weighted by molar-refractivity contribution is -0.139. The van der Waals surface area contributed by atoms with Gasteiger partial charge in [-0.2, -0.15) is 0 Å². The largest absolute Gasteiger partial charge is 0.453 e. The molecule has 3 unspecified atom stereocenters. The van der Waals surface area contributed by atoms with E-state index in [4.69, 9.17) is 0 Å². The number of allylic oxidation sites excluding steroid dienone is 3. The number of hydrogen-bond acceptors (Lipinski definition) is 8. The van der Waals surface area contributed by atoms with Crippen LogP contribution in [0.2, 0.25) is 0 Å². The molecule has 0 aliphatic carbocycles. The number of alkyl carbamates (subject to hydrolysis) is 2. The molecular weight excluding hydrogens is 680 g/mol. The van der Waals surface area contributed by atoms with Crippen LogP contribution in [0.1, 0.15) is 79.2 Å². The molecule has 0 saturated carbocycles. The Morgan fingerprint density at radius 3 is 2.11 bits per heavy atom. The summed E-state index contributed by atoms with van der Waals surface area (Å²) in [6.45, 7) is 12.3. The molecular formula is C39H60N6O8. The van der Waals surface area contributed by atoms with Gasteiger partial charge >= 0.3 is 12.2 Å². The van der Waals surface area contributed by atoms with Gasteiger partial charge in [0.1, 0.15) is 18.1 Å². The number of rotatable bonds is 19. The quantitative estimate of drug-likeness (QED) is 0.149. The molecule has 1 heterocycles. The minimum absolute atomic E-state index is 0.120. The van der Waals surface area contributed by atoms with Gasteiger partial charge in [-0.05, 0) is 68.1 Å². The summed E-state index contributed by atoms with van der Waals surface area (Å²) in [5.74, 6) is -1.58. The van der Waals surface area contributed by atoms with Gasteiger partial charge in [0.05, 0.1) is 20.8 Å². The van der Waals surface area contributed by atoms with E-state index in [1.807, 2.05) is 71.0 Å². The van der Waals surface area contributed by atoms with Crippen LogP contribution in [0, 0.1) is 11.8 Å². The molecule has 1 aliphatic heterocycles. The summed E-state index contributed by atoms with van der Waals surface area (Å²) in [6.07, 6.45) is 8.87. The maximum absolute atomic E-state index is 13.3. The monoisotopic (exact) mass is 740 g/mol. The Morgan fingerprint density at radius 2 is 1.55 bits per heavy atom. The molecule has 3 atom stereocenters. The van der Waals surface area contributed by atoms with E-state index in [0.717, 1.165) is 30.4 Å². The summed E-state index contributed by atoms with van der Waals surface area (Å²) >= 11 is 0. The lowest BCUT2D eigenvalue weighted by atomic mass is 10.0. The Labute approximate surface area is 314 Å². The highest BCUT2D eigenvalue weighted by Gasteiger charge is 2.39. The van der Waals surface area contributed by atoms with Crippen molar-refractivity contribution in [2.75, 3.05) is 45.7 Å². The Hall–Kier alpha value is -4.88. The van der Waals surface area contributed by atoms with Crippen LogP contribution in [0.25, 0.3) is 0 Å². The van der Waals surface area contributed by atoms with E-state index in [1.54, 1.807) is 4.90 Å². The zero-order chi connectivity index (χ0) is 39.5. The van der Waals surface area contributed by atoms with Crippen molar-refractivity contribution in [3.63, 3.8) is 0 Å². The van der Waals surface area contributed by atoms with Crippen LogP contribution in [-0.2, 0) is 35.1 Å². The number of amides is 6. The molecule has 14 heteroatoms. The van der Waals surface area contributed by atoms with Crippen LogP contribution in [0.3, 0.4) is 0 Å². The number of methoxy groups -OCH3 is 2. The van der Waals surface area contributed by atoms with Gasteiger partial charge in [0.15, 0.2) is 0 Å². The van der Waals surface area contributed by atoms with Crippen LogP contribution >= 0.6 is 0 Å². The number of carbonyl (C=O) groups is 6. The number of aryl methyl sites for hydroxylation is 1. The van der Waals surface area contributed by atoms with Crippen molar-refractivity contribution in [1.82, 2.24) is 25.8 Å². The third kappa shape index (κ3) is 14.6. The Kier molecular flexibility index (Phi) is 19.2. The molecule has 14 nitrogen and oxygen atoms in total. The maximum Gasteiger partial charge on any atom is 0.407 e. The summed E-state index contributed by atoms with van der Waals surface area (Å²) in [4.78, 5) is 79.1. The molecule has 0 spiro atoms. The number of ether oxygens (including phenoxy) is 2. The fraction of sp³-hybridized carbons (Fsp3) is 0.590. The van der Waals surface area contributed by atoms with Crippen molar-refractivity contribution < 1.29 is 38.2 Å². The first-order chi connectivity index (χ1) is 25.3. The van der Waals surface area contributed by atoms with E-state index in [1.165, 1.54) is 19.1 Å². The smallest absolute Gasteiger partial charge is 0.407 e.